The molecule has 1 aromatic heterocycles. The van der Waals surface area contributed by atoms with Gasteiger partial charge in [-0.05, 0) is 18.8 Å². The van der Waals surface area contributed by atoms with E-state index in [4.69, 9.17) is 0 Å². The van der Waals surface area contributed by atoms with Gasteiger partial charge in [0.2, 0.25) is 0 Å². The Hall–Kier alpha value is -1.36. The Labute approximate surface area is 113 Å². The molecule has 3 rings (SSSR count). The van der Waals surface area contributed by atoms with Crippen molar-refractivity contribution in [2.75, 3.05) is 37.6 Å². The molecule has 1 aliphatic heterocycles. The highest BCUT2D eigenvalue weighted by Crippen LogP contribution is 2.30. The topological polar surface area (TPSA) is 52.2 Å². The normalized spacial score (nSPS) is 20.8. The van der Waals surface area contributed by atoms with E-state index in [-0.39, 0.29) is 5.56 Å². The van der Waals surface area contributed by atoms with Crippen molar-refractivity contribution in [3.8, 4) is 0 Å². The van der Waals surface area contributed by atoms with E-state index >= 15 is 0 Å². The maximum absolute atomic E-state index is 11.6. The van der Waals surface area contributed by atoms with Crippen LogP contribution in [0.2, 0.25) is 0 Å². The van der Waals surface area contributed by atoms with Gasteiger partial charge < -0.3 is 9.88 Å². The number of rotatable bonds is 4. The maximum Gasteiger partial charge on any atom is 0.252 e. The fraction of sp³-hybridized carbons (Fsp3) is 0.714. The molecule has 0 aromatic carbocycles. The van der Waals surface area contributed by atoms with Crippen LogP contribution in [0, 0.1) is 5.92 Å². The summed E-state index contributed by atoms with van der Waals surface area (Å²) >= 11 is 0. The lowest BCUT2D eigenvalue weighted by molar-refractivity contribution is 0.247. The average molecular weight is 262 g/mol. The molecule has 1 saturated carbocycles. The summed E-state index contributed by atoms with van der Waals surface area (Å²) in [4.78, 5) is 23.7. The van der Waals surface area contributed by atoms with Gasteiger partial charge in [0.15, 0.2) is 0 Å². The van der Waals surface area contributed by atoms with Crippen LogP contribution in [0.3, 0.4) is 0 Å². The molecule has 5 heteroatoms. The van der Waals surface area contributed by atoms with Crippen LogP contribution in [-0.4, -0.2) is 47.6 Å². The van der Waals surface area contributed by atoms with Crippen molar-refractivity contribution in [3.63, 3.8) is 0 Å². The number of hydrogen-bond acceptors (Lipinski definition) is 4. The first kappa shape index (κ1) is 12.7. The number of H-pyrrole nitrogens is 1. The van der Waals surface area contributed by atoms with E-state index in [0.717, 1.165) is 50.2 Å². The predicted molar refractivity (Wildman–Crippen MR) is 75.6 cm³/mol. The van der Waals surface area contributed by atoms with Gasteiger partial charge in [0.25, 0.3) is 5.56 Å². The summed E-state index contributed by atoms with van der Waals surface area (Å²) in [5.41, 5.74) is -0.0396. The Morgan fingerprint density at radius 2 is 2.05 bits per heavy atom. The standard InChI is InChI=1S/C14H22N4O/c1-2-12-15-13(9-14(19)16-12)18-7-5-17(6-8-18)10-11-3-4-11/h9,11H,2-8,10H2,1H3,(H,15,16,19). The van der Waals surface area contributed by atoms with E-state index in [1.807, 2.05) is 6.92 Å². The number of aryl methyl sites for hydroxylation is 1. The van der Waals surface area contributed by atoms with Crippen molar-refractivity contribution in [1.82, 2.24) is 14.9 Å². The molecule has 1 aliphatic carbocycles. The van der Waals surface area contributed by atoms with Gasteiger partial charge in [0.1, 0.15) is 11.6 Å². The van der Waals surface area contributed by atoms with Crippen molar-refractivity contribution in [2.24, 2.45) is 5.92 Å². The molecule has 0 unspecified atom stereocenters. The quantitative estimate of drug-likeness (QED) is 0.874. The molecule has 0 bridgehead atoms. The second-order valence-electron chi connectivity index (χ2n) is 5.63. The summed E-state index contributed by atoms with van der Waals surface area (Å²) in [7, 11) is 0. The fourth-order valence-corrected chi connectivity index (χ4v) is 2.65. The summed E-state index contributed by atoms with van der Waals surface area (Å²) in [6.07, 6.45) is 3.59. The summed E-state index contributed by atoms with van der Waals surface area (Å²) in [6, 6.07) is 1.62. The smallest absolute Gasteiger partial charge is 0.252 e. The first-order valence-corrected chi connectivity index (χ1v) is 7.32. The largest absolute Gasteiger partial charge is 0.354 e. The van der Waals surface area contributed by atoms with Crippen LogP contribution in [0.25, 0.3) is 0 Å². The third-order valence-electron chi connectivity index (χ3n) is 4.02. The Balaban J connectivity index is 1.63. The van der Waals surface area contributed by atoms with E-state index in [9.17, 15) is 4.79 Å². The molecule has 19 heavy (non-hydrogen) atoms. The van der Waals surface area contributed by atoms with Crippen molar-refractivity contribution in [3.05, 3.63) is 22.2 Å². The number of nitrogens with zero attached hydrogens (tertiary/aromatic N) is 3. The summed E-state index contributed by atoms with van der Waals surface area (Å²) < 4.78 is 0. The Bertz CT molecular complexity index is 486. The molecule has 1 aromatic rings. The monoisotopic (exact) mass is 262 g/mol. The zero-order valence-electron chi connectivity index (χ0n) is 11.6. The fourth-order valence-electron chi connectivity index (χ4n) is 2.65. The second kappa shape index (κ2) is 5.33. The minimum absolute atomic E-state index is 0.0396. The van der Waals surface area contributed by atoms with Gasteiger partial charge in [-0.2, -0.15) is 0 Å². The van der Waals surface area contributed by atoms with Gasteiger partial charge in [-0.3, -0.25) is 9.69 Å². The molecule has 1 saturated heterocycles. The number of hydrogen-bond donors (Lipinski definition) is 1. The van der Waals surface area contributed by atoms with E-state index in [2.05, 4.69) is 19.8 Å². The summed E-state index contributed by atoms with van der Waals surface area (Å²) in [6.45, 7) is 7.41. The highest BCUT2D eigenvalue weighted by Gasteiger charge is 2.26. The molecule has 1 N–H and O–H groups in total. The Kier molecular flexibility index (Phi) is 3.55. The SMILES string of the molecule is CCc1nc(N2CCN(CC3CC3)CC2)cc(=O)[nH]1. The molecule has 0 spiro atoms. The van der Waals surface area contributed by atoms with Gasteiger partial charge >= 0.3 is 0 Å². The molecular formula is C14H22N4O. The zero-order valence-corrected chi connectivity index (χ0v) is 11.6. The van der Waals surface area contributed by atoms with Gasteiger partial charge in [-0.15, -0.1) is 0 Å². The highest BCUT2D eigenvalue weighted by molar-refractivity contribution is 5.38. The number of aromatic amines is 1. The number of nitrogens with one attached hydrogen (secondary N) is 1. The van der Waals surface area contributed by atoms with Crippen LogP contribution in [0.5, 0.6) is 0 Å². The lowest BCUT2D eigenvalue weighted by atomic mass is 10.2. The molecule has 0 atom stereocenters. The van der Waals surface area contributed by atoms with Crippen LogP contribution < -0.4 is 10.5 Å². The average Bonchev–Trinajstić information content (AvgIpc) is 3.23. The summed E-state index contributed by atoms with van der Waals surface area (Å²) in [5.74, 6) is 2.57. The number of anilines is 1. The van der Waals surface area contributed by atoms with Crippen LogP contribution in [0.4, 0.5) is 5.82 Å². The van der Waals surface area contributed by atoms with E-state index in [1.54, 1.807) is 6.07 Å². The van der Waals surface area contributed by atoms with Crippen LogP contribution in [0.15, 0.2) is 10.9 Å². The minimum Gasteiger partial charge on any atom is -0.354 e. The first-order chi connectivity index (χ1) is 9.24. The minimum atomic E-state index is -0.0396. The van der Waals surface area contributed by atoms with E-state index in [0.29, 0.717) is 0 Å². The molecule has 0 radical (unpaired) electrons. The molecule has 2 aliphatic rings. The van der Waals surface area contributed by atoms with Gasteiger partial charge in [-0.25, -0.2) is 4.98 Å². The van der Waals surface area contributed by atoms with Crippen LogP contribution in [0.1, 0.15) is 25.6 Å². The first-order valence-electron chi connectivity index (χ1n) is 7.32. The van der Waals surface area contributed by atoms with Gasteiger partial charge in [0.05, 0.1) is 0 Å². The molecule has 5 nitrogen and oxygen atoms in total. The van der Waals surface area contributed by atoms with Gasteiger partial charge in [0, 0.05) is 45.2 Å². The van der Waals surface area contributed by atoms with Gasteiger partial charge in [-0.1, -0.05) is 6.92 Å². The van der Waals surface area contributed by atoms with Crippen LogP contribution in [-0.2, 0) is 6.42 Å². The molecule has 0 amide bonds. The second-order valence-corrected chi connectivity index (χ2v) is 5.63. The molecular weight excluding hydrogens is 240 g/mol. The van der Waals surface area contributed by atoms with Crippen molar-refractivity contribution >= 4 is 5.82 Å². The Morgan fingerprint density at radius 1 is 1.32 bits per heavy atom. The lowest BCUT2D eigenvalue weighted by Crippen LogP contribution is -2.47. The van der Waals surface area contributed by atoms with Crippen molar-refractivity contribution in [1.29, 1.82) is 0 Å². The van der Waals surface area contributed by atoms with Crippen LogP contribution >= 0.6 is 0 Å². The maximum atomic E-state index is 11.6. The third-order valence-corrected chi connectivity index (χ3v) is 4.02. The van der Waals surface area contributed by atoms with E-state index < -0.39 is 0 Å². The lowest BCUT2D eigenvalue weighted by Gasteiger charge is -2.35. The Morgan fingerprint density at radius 3 is 2.68 bits per heavy atom. The number of aromatic nitrogens is 2. The predicted octanol–water partition coefficient (Wildman–Crippen LogP) is 0.864. The zero-order chi connectivity index (χ0) is 13.2. The molecule has 2 fully saturated rings. The summed E-state index contributed by atoms with van der Waals surface area (Å²) in [5, 5.41) is 0. The number of piperazine rings is 1. The van der Waals surface area contributed by atoms with Crippen molar-refractivity contribution < 1.29 is 0 Å². The highest BCUT2D eigenvalue weighted by atomic mass is 16.1. The molecule has 2 heterocycles. The van der Waals surface area contributed by atoms with E-state index in [1.165, 1.54) is 19.4 Å². The van der Waals surface area contributed by atoms with Crippen molar-refractivity contribution in [2.45, 2.75) is 26.2 Å². The third kappa shape index (κ3) is 3.15. The molecule has 104 valence electrons.